The first-order valence-corrected chi connectivity index (χ1v) is 20.9. The molecule has 0 spiro atoms. The van der Waals surface area contributed by atoms with Crippen molar-refractivity contribution in [1.29, 1.82) is 0 Å². The fraction of sp³-hybridized carbons (Fsp3) is 0. The van der Waals surface area contributed by atoms with Gasteiger partial charge in [-0.05, 0) is 89.6 Å². The molecule has 12 rings (SSSR count). The average Bonchev–Trinajstić information content (AvgIpc) is 3.69. The number of rotatable bonds is 5. The molecule has 0 saturated carbocycles. The minimum Gasteiger partial charge on any atom is -0.228 e. The molecule has 2 aromatic heterocycles. The molecule has 0 amide bonds. The Morgan fingerprint density at radius 3 is 1.66 bits per heavy atom. The summed E-state index contributed by atoms with van der Waals surface area (Å²) in [5, 5.41) is 12.4. The van der Waals surface area contributed by atoms with E-state index in [1.165, 1.54) is 80.1 Å². The van der Waals surface area contributed by atoms with Gasteiger partial charge in [-0.2, -0.15) is 0 Å². The molecule has 10 aromatic carbocycles. The quantitative estimate of drug-likeness (QED) is 0.129. The lowest BCUT2D eigenvalue weighted by Crippen LogP contribution is -1.97. The molecule has 12 aromatic rings. The Morgan fingerprint density at radius 1 is 0.305 bits per heavy atom. The number of nitrogens with zero attached hydrogens (tertiary/aromatic N) is 2. The molecule has 3 heteroatoms. The summed E-state index contributed by atoms with van der Waals surface area (Å²) in [6.07, 6.45) is 0. The van der Waals surface area contributed by atoms with Gasteiger partial charge in [-0.25, -0.2) is 9.97 Å². The smallest absolute Gasteiger partial charge is 0.160 e. The van der Waals surface area contributed by atoms with E-state index >= 15 is 0 Å². The topological polar surface area (TPSA) is 25.8 Å². The summed E-state index contributed by atoms with van der Waals surface area (Å²) in [6, 6.07) is 74.6. The Bertz CT molecular complexity index is 3610. The highest BCUT2D eigenvalue weighted by Crippen LogP contribution is 2.48. The molecule has 0 aliphatic rings. The van der Waals surface area contributed by atoms with E-state index in [9.17, 15) is 0 Å². The van der Waals surface area contributed by atoms with Crippen LogP contribution in [0, 0.1) is 0 Å². The van der Waals surface area contributed by atoms with E-state index in [0.717, 1.165) is 33.5 Å². The van der Waals surface area contributed by atoms with E-state index in [4.69, 9.17) is 9.97 Å². The van der Waals surface area contributed by atoms with Crippen LogP contribution in [0.1, 0.15) is 0 Å². The Morgan fingerprint density at radius 2 is 0.881 bits per heavy atom. The summed E-state index contributed by atoms with van der Waals surface area (Å²) in [5.41, 5.74) is 9.87. The van der Waals surface area contributed by atoms with Gasteiger partial charge in [-0.15, -0.1) is 11.3 Å². The van der Waals surface area contributed by atoms with Crippen LogP contribution in [0.5, 0.6) is 0 Å². The molecule has 0 aliphatic heterocycles. The number of aromatic nitrogens is 2. The van der Waals surface area contributed by atoms with Gasteiger partial charge in [-0.3, -0.25) is 0 Å². The molecule has 59 heavy (non-hydrogen) atoms. The molecule has 0 bridgehead atoms. The molecule has 0 atom stereocenters. The zero-order chi connectivity index (χ0) is 38.9. The summed E-state index contributed by atoms with van der Waals surface area (Å²) in [7, 11) is 0. The van der Waals surface area contributed by atoms with Gasteiger partial charge in [0, 0.05) is 36.9 Å². The summed E-state index contributed by atoms with van der Waals surface area (Å²) in [6.45, 7) is 0. The van der Waals surface area contributed by atoms with Crippen LogP contribution >= 0.6 is 11.3 Å². The molecular weight excluding hydrogens is 733 g/mol. The van der Waals surface area contributed by atoms with Crippen LogP contribution in [-0.4, -0.2) is 9.97 Å². The van der Waals surface area contributed by atoms with Crippen LogP contribution in [0.4, 0.5) is 0 Å². The maximum Gasteiger partial charge on any atom is 0.160 e. The normalized spacial score (nSPS) is 11.7. The van der Waals surface area contributed by atoms with Crippen molar-refractivity contribution in [2.45, 2.75) is 0 Å². The highest BCUT2D eigenvalue weighted by atomic mass is 32.1. The zero-order valence-corrected chi connectivity index (χ0v) is 32.7. The lowest BCUT2D eigenvalue weighted by atomic mass is 9.82. The standard InChI is InChI=1S/C56H34N2S/c1-3-16-36(17-4-1)53-44-24-11-12-25-45(44)54(47-29-27-35-15-7-8-20-39(35)55(47)53)46-31-30-42(40-21-9-10-22-41(40)46)50-34-49(57-56(58-50)37-18-5-2-6-19-37)38-28-32-52-48(33-38)43-23-13-14-26-51(43)59-52/h1-34H. The molecule has 0 radical (unpaired) electrons. The SMILES string of the molecule is c1ccc(-c2nc(-c3ccc4sc5ccccc5c4c3)cc(-c3ccc(-c4c5ccccc5c(-c5ccccc5)c5c4ccc4ccccc45)c4ccccc34)n2)cc1. The fourth-order valence-electron chi connectivity index (χ4n) is 9.22. The predicted octanol–water partition coefficient (Wildman–Crippen LogP) is 15.8. The van der Waals surface area contributed by atoms with E-state index in [0.29, 0.717) is 5.82 Å². The van der Waals surface area contributed by atoms with E-state index in [1.807, 2.05) is 17.4 Å². The first kappa shape index (κ1) is 33.7. The second-order valence-electron chi connectivity index (χ2n) is 15.2. The lowest BCUT2D eigenvalue weighted by Gasteiger charge is -2.21. The van der Waals surface area contributed by atoms with Crippen LogP contribution < -0.4 is 0 Å². The van der Waals surface area contributed by atoms with E-state index in [-0.39, 0.29) is 0 Å². The second kappa shape index (κ2) is 13.6. The molecule has 0 fully saturated rings. The van der Waals surface area contributed by atoms with Crippen molar-refractivity contribution < 1.29 is 0 Å². The lowest BCUT2D eigenvalue weighted by molar-refractivity contribution is 1.19. The molecule has 2 heterocycles. The van der Waals surface area contributed by atoms with Gasteiger partial charge >= 0.3 is 0 Å². The summed E-state index contributed by atoms with van der Waals surface area (Å²) < 4.78 is 2.57. The van der Waals surface area contributed by atoms with Crippen molar-refractivity contribution in [3.8, 4) is 56.2 Å². The van der Waals surface area contributed by atoms with Gasteiger partial charge in [0.25, 0.3) is 0 Å². The van der Waals surface area contributed by atoms with Crippen molar-refractivity contribution >= 4 is 74.6 Å². The first-order valence-electron chi connectivity index (χ1n) is 20.1. The molecule has 0 unspecified atom stereocenters. The van der Waals surface area contributed by atoms with Gasteiger partial charge in [0.2, 0.25) is 0 Å². The van der Waals surface area contributed by atoms with Crippen LogP contribution in [0.2, 0.25) is 0 Å². The van der Waals surface area contributed by atoms with E-state index in [2.05, 4.69) is 200 Å². The maximum absolute atomic E-state index is 5.32. The van der Waals surface area contributed by atoms with Crippen LogP contribution in [0.3, 0.4) is 0 Å². The minimum atomic E-state index is 0.710. The highest BCUT2D eigenvalue weighted by Gasteiger charge is 2.21. The number of hydrogen-bond donors (Lipinski definition) is 0. The van der Waals surface area contributed by atoms with Crippen molar-refractivity contribution in [2.75, 3.05) is 0 Å². The third-order valence-electron chi connectivity index (χ3n) is 11.9. The van der Waals surface area contributed by atoms with Gasteiger partial charge in [0.15, 0.2) is 5.82 Å². The summed E-state index contributed by atoms with van der Waals surface area (Å²) in [4.78, 5) is 10.6. The zero-order valence-electron chi connectivity index (χ0n) is 31.9. The summed E-state index contributed by atoms with van der Waals surface area (Å²) in [5.74, 6) is 0.710. The number of thiophene rings is 1. The van der Waals surface area contributed by atoms with Gasteiger partial charge in [0.1, 0.15) is 0 Å². The number of fused-ring (bicyclic) bond motifs is 8. The average molecular weight is 767 g/mol. The Hall–Kier alpha value is -7.46. The third-order valence-corrected chi connectivity index (χ3v) is 13.0. The van der Waals surface area contributed by atoms with Gasteiger partial charge in [0.05, 0.1) is 11.4 Å². The monoisotopic (exact) mass is 766 g/mol. The Balaban J connectivity index is 1.12. The second-order valence-corrected chi connectivity index (χ2v) is 16.3. The number of hydrogen-bond acceptors (Lipinski definition) is 3. The van der Waals surface area contributed by atoms with Gasteiger partial charge < -0.3 is 0 Å². The third kappa shape index (κ3) is 5.47. The molecule has 274 valence electrons. The largest absolute Gasteiger partial charge is 0.228 e. The van der Waals surface area contributed by atoms with E-state index < -0.39 is 0 Å². The molecule has 2 nitrogen and oxygen atoms in total. The van der Waals surface area contributed by atoms with Crippen molar-refractivity contribution in [3.05, 3.63) is 206 Å². The minimum absolute atomic E-state index is 0.710. The Labute approximate surface area is 345 Å². The van der Waals surface area contributed by atoms with Crippen LogP contribution in [0.15, 0.2) is 206 Å². The molecule has 0 aliphatic carbocycles. The first-order chi connectivity index (χ1) is 29.3. The molecular formula is C56H34N2S. The Kier molecular flexibility index (Phi) is 7.75. The maximum atomic E-state index is 5.32. The predicted molar refractivity (Wildman–Crippen MR) is 252 cm³/mol. The fourth-order valence-corrected chi connectivity index (χ4v) is 10.3. The summed E-state index contributed by atoms with van der Waals surface area (Å²) >= 11 is 1.83. The van der Waals surface area contributed by atoms with Crippen LogP contribution in [0.25, 0.3) is 119 Å². The molecule has 0 saturated heterocycles. The van der Waals surface area contributed by atoms with E-state index in [1.54, 1.807) is 0 Å². The van der Waals surface area contributed by atoms with Crippen molar-refractivity contribution in [2.24, 2.45) is 0 Å². The highest BCUT2D eigenvalue weighted by molar-refractivity contribution is 7.25. The van der Waals surface area contributed by atoms with Crippen molar-refractivity contribution in [1.82, 2.24) is 9.97 Å². The number of benzene rings is 10. The molecule has 0 N–H and O–H groups in total. The van der Waals surface area contributed by atoms with Gasteiger partial charge in [-0.1, -0.05) is 182 Å². The van der Waals surface area contributed by atoms with Crippen LogP contribution in [-0.2, 0) is 0 Å². The van der Waals surface area contributed by atoms with Crippen molar-refractivity contribution in [3.63, 3.8) is 0 Å².